The van der Waals surface area contributed by atoms with E-state index in [2.05, 4.69) is 36.5 Å². The monoisotopic (exact) mass is 238 g/mol. The van der Waals surface area contributed by atoms with Crippen molar-refractivity contribution < 1.29 is 0 Å². The molecular formula is C13H22N2S. The number of thiazole rings is 1. The molecule has 3 heteroatoms. The van der Waals surface area contributed by atoms with Gasteiger partial charge < -0.3 is 5.32 Å². The highest BCUT2D eigenvalue weighted by Gasteiger charge is 2.43. The summed E-state index contributed by atoms with van der Waals surface area (Å²) in [6.07, 6.45) is 5.85. The van der Waals surface area contributed by atoms with Crippen molar-refractivity contribution >= 4 is 11.3 Å². The van der Waals surface area contributed by atoms with E-state index < -0.39 is 0 Å². The topological polar surface area (TPSA) is 24.9 Å². The minimum absolute atomic E-state index is 0.139. The number of aromatic nitrogens is 1. The van der Waals surface area contributed by atoms with E-state index in [0.29, 0.717) is 5.92 Å². The number of nitrogens with zero attached hydrogens (tertiary/aromatic N) is 1. The van der Waals surface area contributed by atoms with Crippen LogP contribution in [0.3, 0.4) is 0 Å². The Morgan fingerprint density at radius 1 is 1.56 bits per heavy atom. The van der Waals surface area contributed by atoms with Crippen molar-refractivity contribution in [2.75, 3.05) is 6.54 Å². The summed E-state index contributed by atoms with van der Waals surface area (Å²) in [5, 5.41) is 7.11. The second-order valence-electron chi connectivity index (χ2n) is 5.00. The standard InChI is InChI=1S/C13H22N2S/c1-4-15-13(12-14-8-9-16-12)7-5-6-10(2)11(13)3/h8-11,15H,4-7H2,1-3H3. The summed E-state index contributed by atoms with van der Waals surface area (Å²) in [6, 6.07) is 0. The molecule has 1 aliphatic rings. The van der Waals surface area contributed by atoms with Gasteiger partial charge in [-0.05, 0) is 24.8 Å². The molecular weight excluding hydrogens is 216 g/mol. The molecule has 0 radical (unpaired) electrons. The van der Waals surface area contributed by atoms with E-state index >= 15 is 0 Å². The molecule has 1 N–H and O–H groups in total. The van der Waals surface area contributed by atoms with E-state index in [9.17, 15) is 0 Å². The van der Waals surface area contributed by atoms with Gasteiger partial charge in [0, 0.05) is 11.6 Å². The van der Waals surface area contributed by atoms with Gasteiger partial charge in [-0.25, -0.2) is 4.98 Å². The van der Waals surface area contributed by atoms with Crippen LogP contribution in [0.2, 0.25) is 0 Å². The van der Waals surface area contributed by atoms with Crippen LogP contribution in [0, 0.1) is 11.8 Å². The fourth-order valence-corrected chi connectivity index (χ4v) is 3.99. The van der Waals surface area contributed by atoms with E-state index in [4.69, 9.17) is 0 Å². The van der Waals surface area contributed by atoms with Gasteiger partial charge in [-0.3, -0.25) is 0 Å². The maximum absolute atomic E-state index is 4.57. The molecule has 1 aliphatic carbocycles. The number of hydrogen-bond donors (Lipinski definition) is 1. The smallest absolute Gasteiger partial charge is 0.113 e. The van der Waals surface area contributed by atoms with Crippen molar-refractivity contribution in [1.29, 1.82) is 0 Å². The van der Waals surface area contributed by atoms with Crippen molar-refractivity contribution in [2.45, 2.75) is 45.6 Å². The molecule has 0 saturated heterocycles. The van der Waals surface area contributed by atoms with E-state index in [0.717, 1.165) is 12.5 Å². The lowest BCUT2D eigenvalue weighted by Gasteiger charge is -2.45. The minimum Gasteiger partial charge on any atom is -0.305 e. The van der Waals surface area contributed by atoms with Crippen LogP contribution in [-0.4, -0.2) is 11.5 Å². The first kappa shape index (κ1) is 12.1. The summed E-state index contributed by atoms with van der Waals surface area (Å²) in [5.74, 6) is 1.46. The molecule has 1 saturated carbocycles. The fourth-order valence-electron chi connectivity index (χ4n) is 3.05. The van der Waals surface area contributed by atoms with Gasteiger partial charge in [0.05, 0.1) is 5.54 Å². The normalized spacial score (nSPS) is 35.2. The van der Waals surface area contributed by atoms with Gasteiger partial charge in [-0.15, -0.1) is 11.3 Å². The largest absolute Gasteiger partial charge is 0.305 e. The third-order valence-electron chi connectivity index (χ3n) is 4.17. The summed E-state index contributed by atoms with van der Waals surface area (Å²) < 4.78 is 0. The number of hydrogen-bond acceptors (Lipinski definition) is 3. The molecule has 1 aromatic heterocycles. The number of rotatable bonds is 3. The Bertz CT molecular complexity index is 319. The third kappa shape index (κ3) is 1.91. The second-order valence-corrected chi connectivity index (χ2v) is 5.89. The van der Waals surface area contributed by atoms with Gasteiger partial charge in [0.15, 0.2) is 0 Å². The second kappa shape index (κ2) is 4.84. The minimum atomic E-state index is 0.139. The molecule has 0 aromatic carbocycles. The molecule has 2 nitrogen and oxygen atoms in total. The predicted molar refractivity (Wildman–Crippen MR) is 69.6 cm³/mol. The third-order valence-corrected chi connectivity index (χ3v) is 5.12. The van der Waals surface area contributed by atoms with Crippen molar-refractivity contribution in [1.82, 2.24) is 10.3 Å². The van der Waals surface area contributed by atoms with E-state index in [1.165, 1.54) is 24.3 Å². The van der Waals surface area contributed by atoms with E-state index in [1.54, 1.807) is 11.3 Å². The Balaban J connectivity index is 2.34. The zero-order valence-electron chi connectivity index (χ0n) is 10.5. The highest BCUT2D eigenvalue weighted by Crippen LogP contribution is 2.44. The van der Waals surface area contributed by atoms with Crippen LogP contribution in [0.15, 0.2) is 11.6 Å². The lowest BCUT2D eigenvalue weighted by molar-refractivity contribution is 0.105. The molecule has 3 atom stereocenters. The average Bonchev–Trinajstić information content (AvgIpc) is 2.79. The molecule has 0 aliphatic heterocycles. The average molecular weight is 238 g/mol. The maximum atomic E-state index is 4.57. The number of nitrogens with one attached hydrogen (secondary N) is 1. The first-order chi connectivity index (χ1) is 7.70. The van der Waals surface area contributed by atoms with Gasteiger partial charge in [-0.2, -0.15) is 0 Å². The van der Waals surface area contributed by atoms with Gasteiger partial charge >= 0.3 is 0 Å². The summed E-state index contributed by atoms with van der Waals surface area (Å²) in [5.41, 5.74) is 0.139. The predicted octanol–water partition coefficient (Wildman–Crippen LogP) is 3.40. The SMILES string of the molecule is CCNC1(c2nccs2)CCCC(C)C1C. The lowest BCUT2D eigenvalue weighted by Crippen LogP contribution is -2.51. The van der Waals surface area contributed by atoms with E-state index in [-0.39, 0.29) is 5.54 Å². The van der Waals surface area contributed by atoms with Crippen molar-refractivity contribution in [3.8, 4) is 0 Å². The Labute approximate surface area is 102 Å². The Kier molecular flexibility index (Phi) is 3.65. The zero-order chi connectivity index (χ0) is 11.6. The highest BCUT2D eigenvalue weighted by atomic mass is 32.1. The lowest BCUT2D eigenvalue weighted by atomic mass is 9.68. The van der Waals surface area contributed by atoms with Crippen molar-refractivity contribution in [3.05, 3.63) is 16.6 Å². The van der Waals surface area contributed by atoms with E-state index in [1.807, 2.05) is 6.20 Å². The van der Waals surface area contributed by atoms with Gasteiger partial charge in [0.2, 0.25) is 0 Å². The van der Waals surface area contributed by atoms with Crippen LogP contribution in [0.4, 0.5) is 0 Å². The molecule has 2 rings (SSSR count). The molecule has 3 unspecified atom stereocenters. The van der Waals surface area contributed by atoms with Gasteiger partial charge in [-0.1, -0.05) is 33.6 Å². The molecule has 0 spiro atoms. The maximum Gasteiger partial charge on any atom is 0.113 e. The van der Waals surface area contributed by atoms with Crippen LogP contribution in [0.1, 0.15) is 45.0 Å². The van der Waals surface area contributed by atoms with Crippen LogP contribution in [-0.2, 0) is 5.54 Å². The van der Waals surface area contributed by atoms with Crippen LogP contribution in [0.25, 0.3) is 0 Å². The van der Waals surface area contributed by atoms with Crippen LogP contribution >= 0.6 is 11.3 Å². The summed E-state index contributed by atoms with van der Waals surface area (Å²) >= 11 is 1.80. The first-order valence-electron chi connectivity index (χ1n) is 6.35. The molecule has 16 heavy (non-hydrogen) atoms. The first-order valence-corrected chi connectivity index (χ1v) is 7.23. The quantitative estimate of drug-likeness (QED) is 0.873. The summed E-state index contributed by atoms with van der Waals surface area (Å²) in [6.45, 7) is 7.98. The van der Waals surface area contributed by atoms with Gasteiger partial charge in [0.25, 0.3) is 0 Å². The van der Waals surface area contributed by atoms with Crippen molar-refractivity contribution in [3.63, 3.8) is 0 Å². The molecule has 0 bridgehead atoms. The summed E-state index contributed by atoms with van der Waals surface area (Å²) in [7, 11) is 0. The highest BCUT2D eigenvalue weighted by molar-refractivity contribution is 7.09. The molecule has 1 aromatic rings. The molecule has 0 amide bonds. The van der Waals surface area contributed by atoms with Crippen molar-refractivity contribution in [2.24, 2.45) is 11.8 Å². The van der Waals surface area contributed by atoms with Gasteiger partial charge in [0.1, 0.15) is 5.01 Å². The Morgan fingerprint density at radius 3 is 3.00 bits per heavy atom. The van der Waals surface area contributed by atoms with Crippen LogP contribution in [0.5, 0.6) is 0 Å². The molecule has 1 heterocycles. The summed E-state index contributed by atoms with van der Waals surface area (Å²) in [4.78, 5) is 4.57. The zero-order valence-corrected chi connectivity index (χ0v) is 11.3. The molecule has 1 fully saturated rings. The Hall–Kier alpha value is -0.410. The fraction of sp³-hybridized carbons (Fsp3) is 0.769. The Morgan fingerprint density at radius 2 is 2.38 bits per heavy atom. The molecule has 90 valence electrons. The van der Waals surface area contributed by atoms with Crippen LogP contribution < -0.4 is 5.32 Å².